The number of carbonyl (C=O) groups is 4. The molecule has 6 nitrogen and oxygen atoms in total. The number of ketones is 2. The summed E-state index contributed by atoms with van der Waals surface area (Å²) in [5.74, 6) is -2.12. The molecule has 0 N–H and O–H groups in total. The van der Waals surface area contributed by atoms with Crippen molar-refractivity contribution in [1.29, 1.82) is 0 Å². The highest BCUT2D eigenvalue weighted by molar-refractivity contribution is 6.08. The van der Waals surface area contributed by atoms with Crippen LogP contribution in [-0.2, 0) is 28.7 Å². The number of hydrogen-bond donors (Lipinski definition) is 0. The van der Waals surface area contributed by atoms with Gasteiger partial charge in [-0.15, -0.1) is 0 Å². The molecule has 1 rings (SSSR count). The van der Waals surface area contributed by atoms with Gasteiger partial charge in [-0.2, -0.15) is 0 Å². The molecule has 0 saturated heterocycles. The van der Waals surface area contributed by atoms with Crippen molar-refractivity contribution in [3.05, 3.63) is 0 Å². The molecule has 0 amide bonds. The van der Waals surface area contributed by atoms with Crippen molar-refractivity contribution in [3.63, 3.8) is 0 Å². The molecular weight excluding hydrogens is 288 g/mol. The summed E-state index contributed by atoms with van der Waals surface area (Å²) >= 11 is 0. The second kappa shape index (κ2) is 4.89. The van der Waals surface area contributed by atoms with Crippen LogP contribution in [0.2, 0.25) is 0 Å². The number of esters is 2. The fraction of sp³-hybridized carbons (Fsp3) is 0.750. The molecular formula is C16H24O6. The third kappa shape index (κ3) is 1.41. The lowest BCUT2D eigenvalue weighted by Gasteiger charge is -2.73. The SMILES string of the molecule is COC(=O)C1(C)C(C)(C(C)=O)C(C)(C(=O)OC)C1(C)C(C)=O. The fourth-order valence-electron chi connectivity index (χ4n) is 4.57. The average Bonchev–Trinajstić information content (AvgIpc) is 2.48. The van der Waals surface area contributed by atoms with Gasteiger partial charge in [0.1, 0.15) is 11.6 Å². The second-order valence-corrected chi connectivity index (χ2v) is 6.60. The monoisotopic (exact) mass is 312 g/mol. The van der Waals surface area contributed by atoms with Crippen molar-refractivity contribution in [2.24, 2.45) is 21.7 Å². The van der Waals surface area contributed by atoms with E-state index < -0.39 is 33.6 Å². The molecule has 6 heteroatoms. The smallest absolute Gasteiger partial charge is 0.313 e. The summed E-state index contributed by atoms with van der Waals surface area (Å²) < 4.78 is 9.72. The van der Waals surface area contributed by atoms with Crippen molar-refractivity contribution in [2.75, 3.05) is 14.2 Å². The Bertz CT molecular complexity index is 501. The Morgan fingerprint density at radius 2 is 0.818 bits per heavy atom. The van der Waals surface area contributed by atoms with Crippen molar-refractivity contribution >= 4 is 23.5 Å². The predicted octanol–water partition coefficient (Wildman–Crippen LogP) is 1.55. The van der Waals surface area contributed by atoms with E-state index in [9.17, 15) is 19.2 Å². The maximum atomic E-state index is 12.5. The minimum absolute atomic E-state index is 0.368. The largest absolute Gasteiger partial charge is 0.469 e. The van der Waals surface area contributed by atoms with Gasteiger partial charge in [-0.1, -0.05) is 13.8 Å². The number of rotatable bonds is 4. The predicted molar refractivity (Wildman–Crippen MR) is 77.8 cm³/mol. The molecule has 0 radical (unpaired) electrons. The minimum atomic E-state index is -1.46. The fourth-order valence-corrected chi connectivity index (χ4v) is 4.57. The third-order valence-electron chi connectivity index (χ3n) is 6.60. The van der Waals surface area contributed by atoms with Gasteiger partial charge in [-0.3, -0.25) is 19.2 Å². The summed E-state index contributed by atoms with van der Waals surface area (Å²) in [5.41, 5.74) is -5.76. The van der Waals surface area contributed by atoms with Gasteiger partial charge in [0.25, 0.3) is 0 Å². The zero-order valence-electron chi connectivity index (χ0n) is 14.4. The molecule has 22 heavy (non-hydrogen) atoms. The van der Waals surface area contributed by atoms with Crippen molar-refractivity contribution in [3.8, 4) is 0 Å². The minimum Gasteiger partial charge on any atom is -0.469 e. The average molecular weight is 312 g/mol. The standard InChI is InChI=1S/C16H24O6/c1-9(17)13(3)15(5,11(19)21-7)14(4,10(2)18)16(13,6)12(20)22-8/h1-8H3. The molecule has 0 aromatic carbocycles. The highest BCUT2D eigenvalue weighted by atomic mass is 16.5. The number of Topliss-reactive ketones (excluding diaryl/α,β-unsaturated/α-hetero) is 2. The first-order valence-corrected chi connectivity index (χ1v) is 7.04. The van der Waals surface area contributed by atoms with Crippen LogP contribution in [0.4, 0.5) is 0 Å². The lowest BCUT2D eigenvalue weighted by Crippen LogP contribution is -2.84. The first-order valence-electron chi connectivity index (χ1n) is 7.04. The molecule has 0 heterocycles. The van der Waals surface area contributed by atoms with Gasteiger partial charge in [0.05, 0.1) is 35.9 Å². The maximum Gasteiger partial charge on any atom is 0.313 e. The molecule has 0 bridgehead atoms. The van der Waals surface area contributed by atoms with Crippen molar-refractivity contribution < 1.29 is 28.7 Å². The second-order valence-electron chi connectivity index (χ2n) is 6.60. The molecule has 1 aliphatic rings. The van der Waals surface area contributed by atoms with Gasteiger partial charge >= 0.3 is 11.9 Å². The van der Waals surface area contributed by atoms with E-state index in [1.165, 1.54) is 55.8 Å². The molecule has 0 aromatic heterocycles. The molecule has 124 valence electrons. The lowest BCUT2D eigenvalue weighted by molar-refractivity contribution is -0.280. The van der Waals surface area contributed by atoms with Crippen molar-refractivity contribution in [2.45, 2.75) is 41.5 Å². The number of carbonyl (C=O) groups excluding carboxylic acids is 4. The van der Waals surface area contributed by atoms with Crippen LogP contribution in [0.5, 0.6) is 0 Å². The Kier molecular flexibility index (Phi) is 4.08. The summed E-state index contributed by atoms with van der Waals surface area (Å²) in [5, 5.41) is 0. The molecule has 1 aliphatic carbocycles. The van der Waals surface area contributed by atoms with Gasteiger partial charge in [0, 0.05) is 0 Å². The Morgan fingerprint density at radius 3 is 0.955 bits per heavy atom. The van der Waals surface area contributed by atoms with Gasteiger partial charge in [-0.25, -0.2) is 0 Å². The number of methoxy groups -OCH3 is 2. The molecule has 1 fully saturated rings. The zero-order chi connectivity index (χ0) is 17.7. The molecule has 0 unspecified atom stereocenters. The third-order valence-corrected chi connectivity index (χ3v) is 6.60. The highest BCUT2D eigenvalue weighted by Gasteiger charge is 2.89. The first-order chi connectivity index (χ1) is 9.85. The number of hydrogen-bond acceptors (Lipinski definition) is 6. The van der Waals surface area contributed by atoms with E-state index in [1.54, 1.807) is 0 Å². The lowest BCUT2D eigenvalue weighted by atomic mass is 9.24. The molecule has 1 saturated carbocycles. The van der Waals surface area contributed by atoms with E-state index in [0.29, 0.717) is 0 Å². The summed E-state index contributed by atoms with van der Waals surface area (Å²) in [6, 6.07) is 0. The molecule has 0 aliphatic heterocycles. The summed E-state index contributed by atoms with van der Waals surface area (Å²) in [6.07, 6.45) is 0. The van der Waals surface area contributed by atoms with Crippen LogP contribution in [0.1, 0.15) is 41.5 Å². The highest BCUT2D eigenvalue weighted by Crippen LogP contribution is 2.79. The molecule has 0 aromatic rings. The zero-order valence-corrected chi connectivity index (χ0v) is 14.4. The Morgan fingerprint density at radius 1 is 0.591 bits per heavy atom. The summed E-state index contributed by atoms with van der Waals surface area (Å²) in [6.45, 7) is 8.67. The van der Waals surface area contributed by atoms with E-state index >= 15 is 0 Å². The van der Waals surface area contributed by atoms with E-state index in [0.717, 1.165) is 0 Å². The van der Waals surface area contributed by atoms with Gasteiger partial charge < -0.3 is 9.47 Å². The quantitative estimate of drug-likeness (QED) is 0.732. The summed E-state index contributed by atoms with van der Waals surface area (Å²) in [7, 11) is 2.39. The van der Waals surface area contributed by atoms with Crippen LogP contribution in [0.3, 0.4) is 0 Å². The van der Waals surface area contributed by atoms with E-state index in [1.807, 2.05) is 0 Å². The van der Waals surface area contributed by atoms with Crippen LogP contribution in [-0.4, -0.2) is 37.7 Å². The maximum absolute atomic E-state index is 12.5. The van der Waals surface area contributed by atoms with Crippen LogP contribution in [0.25, 0.3) is 0 Å². The molecule has 0 spiro atoms. The van der Waals surface area contributed by atoms with Crippen molar-refractivity contribution in [1.82, 2.24) is 0 Å². The normalized spacial score (nSPS) is 40.4. The van der Waals surface area contributed by atoms with E-state index in [-0.39, 0.29) is 11.6 Å². The van der Waals surface area contributed by atoms with Gasteiger partial charge in [0.2, 0.25) is 0 Å². The number of ether oxygens (including phenoxy) is 2. The Labute approximate surface area is 130 Å². The first kappa shape index (κ1) is 18.3. The Balaban J connectivity index is 3.86. The van der Waals surface area contributed by atoms with E-state index in [2.05, 4.69) is 0 Å². The summed E-state index contributed by atoms with van der Waals surface area (Å²) in [4.78, 5) is 49.8. The van der Waals surface area contributed by atoms with E-state index in [4.69, 9.17) is 9.47 Å². The van der Waals surface area contributed by atoms with Crippen LogP contribution in [0, 0.1) is 21.7 Å². The van der Waals surface area contributed by atoms with Crippen LogP contribution in [0.15, 0.2) is 0 Å². The van der Waals surface area contributed by atoms with Crippen LogP contribution < -0.4 is 0 Å². The van der Waals surface area contributed by atoms with Crippen LogP contribution >= 0.6 is 0 Å². The van der Waals surface area contributed by atoms with Gasteiger partial charge in [-0.05, 0) is 27.7 Å². The molecule has 0 atom stereocenters. The van der Waals surface area contributed by atoms with Gasteiger partial charge in [0.15, 0.2) is 0 Å². The topological polar surface area (TPSA) is 86.7 Å². The Hall–Kier alpha value is -1.72.